The summed E-state index contributed by atoms with van der Waals surface area (Å²) in [4.78, 5) is 32.1. The summed E-state index contributed by atoms with van der Waals surface area (Å²) >= 11 is 1.35. The van der Waals surface area contributed by atoms with E-state index < -0.39 is 0 Å². The summed E-state index contributed by atoms with van der Waals surface area (Å²) in [6.07, 6.45) is 1.99. The van der Waals surface area contributed by atoms with Gasteiger partial charge < -0.3 is 9.64 Å². The fraction of sp³-hybridized carbons (Fsp3) is 0.550. The van der Waals surface area contributed by atoms with Crippen molar-refractivity contribution in [3.63, 3.8) is 0 Å². The number of fused-ring (bicyclic) bond motifs is 1. The monoisotopic (exact) mass is 389 g/mol. The number of nitrogens with zero attached hydrogens (tertiary/aromatic N) is 3. The van der Waals surface area contributed by atoms with Crippen molar-refractivity contribution in [1.82, 2.24) is 14.5 Å². The van der Waals surface area contributed by atoms with E-state index in [1.807, 2.05) is 43.0 Å². The van der Waals surface area contributed by atoms with E-state index in [4.69, 9.17) is 4.74 Å². The third-order valence-electron chi connectivity index (χ3n) is 4.66. The van der Waals surface area contributed by atoms with E-state index in [9.17, 15) is 9.59 Å². The molecule has 1 aromatic carbocycles. The molecule has 1 aliphatic rings. The molecule has 6 nitrogen and oxygen atoms in total. The van der Waals surface area contributed by atoms with Gasteiger partial charge in [0.2, 0.25) is 5.91 Å². The third-order valence-corrected chi connectivity index (χ3v) is 5.62. The maximum Gasteiger partial charge on any atom is 0.262 e. The van der Waals surface area contributed by atoms with E-state index in [2.05, 4.69) is 11.9 Å². The van der Waals surface area contributed by atoms with Crippen LogP contribution >= 0.6 is 11.8 Å². The summed E-state index contributed by atoms with van der Waals surface area (Å²) in [5.41, 5.74) is 0.649. The second-order valence-corrected chi connectivity index (χ2v) is 8.01. The number of hydrogen-bond donors (Lipinski definition) is 0. The minimum Gasteiger partial charge on any atom is -0.372 e. The van der Waals surface area contributed by atoms with Gasteiger partial charge in [-0.3, -0.25) is 14.2 Å². The van der Waals surface area contributed by atoms with E-state index in [1.54, 1.807) is 4.57 Å². The molecule has 0 N–H and O–H groups in total. The van der Waals surface area contributed by atoms with Crippen LogP contribution in [0.3, 0.4) is 0 Å². The van der Waals surface area contributed by atoms with E-state index in [1.165, 1.54) is 11.8 Å². The number of rotatable bonds is 6. The topological polar surface area (TPSA) is 64.4 Å². The van der Waals surface area contributed by atoms with Crippen LogP contribution in [0.4, 0.5) is 0 Å². The van der Waals surface area contributed by atoms with Crippen LogP contribution in [0.25, 0.3) is 10.9 Å². The number of thioether (sulfide) groups is 1. The second kappa shape index (κ2) is 8.89. The highest BCUT2D eigenvalue weighted by molar-refractivity contribution is 7.99. The molecule has 27 heavy (non-hydrogen) atoms. The van der Waals surface area contributed by atoms with Gasteiger partial charge in [-0.1, -0.05) is 37.2 Å². The molecule has 0 unspecified atom stereocenters. The Kier molecular flexibility index (Phi) is 6.55. The Balaban J connectivity index is 1.80. The number of morpholine rings is 1. The van der Waals surface area contributed by atoms with Gasteiger partial charge in [0, 0.05) is 19.6 Å². The van der Waals surface area contributed by atoms with E-state index in [-0.39, 0.29) is 29.4 Å². The molecule has 146 valence electrons. The molecule has 0 aliphatic carbocycles. The highest BCUT2D eigenvalue weighted by Crippen LogP contribution is 2.20. The quantitative estimate of drug-likeness (QED) is 0.561. The van der Waals surface area contributed by atoms with Crippen molar-refractivity contribution in [3.8, 4) is 0 Å². The smallest absolute Gasteiger partial charge is 0.262 e. The summed E-state index contributed by atoms with van der Waals surface area (Å²) in [6.45, 7) is 7.90. The number of carbonyl (C=O) groups excluding carboxylic acids is 1. The van der Waals surface area contributed by atoms with Crippen LogP contribution in [0, 0.1) is 0 Å². The lowest BCUT2D eigenvalue weighted by Gasteiger charge is -2.35. The summed E-state index contributed by atoms with van der Waals surface area (Å²) in [7, 11) is 0. The first-order valence-corrected chi connectivity index (χ1v) is 10.5. The van der Waals surface area contributed by atoms with Crippen LogP contribution in [0.15, 0.2) is 34.2 Å². The Morgan fingerprint density at radius 3 is 2.67 bits per heavy atom. The molecular weight excluding hydrogens is 362 g/mol. The van der Waals surface area contributed by atoms with Crippen LogP contribution in [-0.4, -0.2) is 51.4 Å². The number of aromatic nitrogens is 2. The van der Waals surface area contributed by atoms with Crippen molar-refractivity contribution in [1.29, 1.82) is 0 Å². The van der Waals surface area contributed by atoms with Crippen molar-refractivity contribution < 1.29 is 9.53 Å². The highest BCUT2D eigenvalue weighted by Gasteiger charge is 2.26. The van der Waals surface area contributed by atoms with Crippen LogP contribution in [-0.2, 0) is 16.1 Å². The Labute approximate surface area is 163 Å². The zero-order valence-electron chi connectivity index (χ0n) is 16.2. The fourth-order valence-corrected chi connectivity index (χ4v) is 4.30. The van der Waals surface area contributed by atoms with Gasteiger partial charge in [-0.15, -0.1) is 0 Å². The summed E-state index contributed by atoms with van der Waals surface area (Å²) in [5.74, 6) is 0.336. The number of carbonyl (C=O) groups is 1. The van der Waals surface area contributed by atoms with Gasteiger partial charge in [-0.05, 0) is 32.4 Å². The van der Waals surface area contributed by atoms with Crippen molar-refractivity contribution in [2.75, 3.05) is 18.8 Å². The number of hydrogen-bond acceptors (Lipinski definition) is 5. The molecule has 0 radical (unpaired) electrons. The second-order valence-electron chi connectivity index (χ2n) is 7.07. The summed E-state index contributed by atoms with van der Waals surface area (Å²) in [6, 6.07) is 7.38. The maximum absolute atomic E-state index is 12.9. The number of para-hydroxylation sites is 1. The van der Waals surface area contributed by atoms with Crippen molar-refractivity contribution in [2.45, 2.75) is 57.5 Å². The van der Waals surface area contributed by atoms with Gasteiger partial charge in [0.25, 0.3) is 5.56 Å². The van der Waals surface area contributed by atoms with Crippen LogP contribution < -0.4 is 5.56 Å². The number of unbranched alkanes of at least 4 members (excludes halogenated alkanes) is 1. The molecule has 2 aromatic rings. The fourth-order valence-electron chi connectivity index (χ4n) is 3.37. The number of amides is 1. The minimum absolute atomic E-state index is 0.0300. The Morgan fingerprint density at radius 1 is 1.26 bits per heavy atom. The van der Waals surface area contributed by atoms with Crippen molar-refractivity contribution in [2.24, 2.45) is 0 Å². The lowest BCUT2D eigenvalue weighted by molar-refractivity contribution is -0.140. The molecule has 0 spiro atoms. The predicted molar refractivity (Wildman–Crippen MR) is 108 cm³/mol. The molecular formula is C20H27N3O3S. The SMILES string of the molecule is CCCCn1c(SCC(=O)N2C[C@H](C)O[C@@H](C)C2)nc2ccccc2c1=O. The molecule has 0 bridgehead atoms. The molecule has 1 saturated heterocycles. The van der Waals surface area contributed by atoms with Gasteiger partial charge in [-0.2, -0.15) is 0 Å². The first kappa shape index (κ1) is 19.9. The normalized spacial score (nSPS) is 20.2. The largest absolute Gasteiger partial charge is 0.372 e. The molecule has 3 rings (SSSR count). The van der Waals surface area contributed by atoms with Crippen LogP contribution in [0.2, 0.25) is 0 Å². The highest BCUT2D eigenvalue weighted by atomic mass is 32.2. The predicted octanol–water partition coefficient (Wildman–Crippen LogP) is 2.92. The van der Waals surface area contributed by atoms with E-state index in [0.29, 0.717) is 35.7 Å². The van der Waals surface area contributed by atoms with Crippen molar-refractivity contribution >= 4 is 28.6 Å². The number of ether oxygens (including phenoxy) is 1. The zero-order chi connectivity index (χ0) is 19.4. The molecule has 2 atom stereocenters. The lowest BCUT2D eigenvalue weighted by Crippen LogP contribution is -2.48. The Hall–Kier alpha value is -1.86. The number of benzene rings is 1. The third kappa shape index (κ3) is 4.71. The van der Waals surface area contributed by atoms with Crippen LogP contribution in [0.1, 0.15) is 33.6 Å². The standard InChI is InChI=1S/C20H27N3O3S/c1-4-5-10-23-19(25)16-8-6-7-9-17(16)21-20(23)27-13-18(24)22-11-14(2)26-15(3)12-22/h6-9,14-15H,4-5,10-13H2,1-3H3/t14-,15-/m0/s1. The average molecular weight is 390 g/mol. The van der Waals surface area contributed by atoms with Gasteiger partial charge in [0.15, 0.2) is 5.16 Å². The van der Waals surface area contributed by atoms with Crippen LogP contribution in [0.5, 0.6) is 0 Å². The maximum atomic E-state index is 12.9. The molecule has 2 heterocycles. The molecule has 7 heteroatoms. The Bertz CT molecular complexity index is 857. The molecule has 1 aliphatic heterocycles. The van der Waals surface area contributed by atoms with E-state index in [0.717, 1.165) is 12.8 Å². The lowest BCUT2D eigenvalue weighted by atomic mass is 10.2. The Morgan fingerprint density at radius 2 is 1.96 bits per heavy atom. The van der Waals surface area contributed by atoms with Gasteiger partial charge in [0.1, 0.15) is 0 Å². The van der Waals surface area contributed by atoms with Gasteiger partial charge in [0.05, 0.1) is 28.9 Å². The molecule has 1 fully saturated rings. The minimum atomic E-state index is -0.0300. The molecule has 1 amide bonds. The van der Waals surface area contributed by atoms with E-state index >= 15 is 0 Å². The first-order chi connectivity index (χ1) is 13.0. The first-order valence-electron chi connectivity index (χ1n) is 9.55. The van der Waals surface area contributed by atoms with Gasteiger partial charge in [-0.25, -0.2) is 4.98 Å². The summed E-state index contributed by atoms with van der Waals surface area (Å²) in [5, 5.41) is 1.25. The van der Waals surface area contributed by atoms with Gasteiger partial charge >= 0.3 is 0 Å². The summed E-state index contributed by atoms with van der Waals surface area (Å²) < 4.78 is 7.41. The molecule has 1 aromatic heterocycles. The van der Waals surface area contributed by atoms with Crippen molar-refractivity contribution in [3.05, 3.63) is 34.6 Å². The zero-order valence-corrected chi connectivity index (χ0v) is 17.0. The molecule has 0 saturated carbocycles. The average Bonchev–Trinajstić information content (AvgIpc) is 2.65.